The molecule has 3 aromatic rings. The van der Waals surface area contributed by atoms with Gasteiger partial charge >= 0.3 is 0 Å². The summed E-state index contributed by atoms with van der Waals surface area (Å²) < 4.78 is 10.8. The van der Waals surface area contributed by atoms with Gasteiger partial charge in [-0.25, -0.2) is 0 Å². The standard InChI is InChI=1S/C18H19NO4/c1-11-6-14-13(10-23-17(14)7-12(11)2)8-18(21)19-15(9-20)16-4-3-5-22-16/h3-7,10,15,20H,8-9H2,1-2H3,(H,19,21). The quantitative estimate of drug-likeness (QED) is 0.759. The zero-order valence-electron chi connectivity index (χ0n) is 13.1. The summed E-state index contributed by atoms with van der Waals surface area (Å²) in [6.45, 7) is 3.84. The Balaban J connectivity index is 1.76. The van der Waals surface area contributed by atoms with Gasteiger partial charge in [0.25, 0.3) is 0 Å². The van der Waals surface area contributed by atoms with Crippen LogP contribution in [0.15, 0.2) is 45.6 Å². The third-order valence-electron chi connectivity index (χ3n) is 4.03. The average molecular weight is 313 g/mol. The van der Waals surface area contributed by atoms with Crippen LogP contribution in [-0.4, -0.2) is 17.6 Å². The van der Waals surface area contributed by atoms with Crippen LogP contribution >= 0.6 is 0 Å². The molecule has 0 fully saturated rings. The third kappa shape index (κ3) is 3.14. The number of nitrogens with one attached hydrogen (secondary N) is 1. The minimum Gasteiger partial charge on any atom is -0.467 e. The van der Waals surface area contributed by atoms with Gasteiger partial charge in [0.1, 0.15) is 17.4 Å². The van der Waals surface area contributed by atoms with Gasteiger partial charge in [-0.2, -0.15) is 0 Å². The van der Waals surface area contributed by atoms with Crippen molar-refractivity contribution in [2.75, 3.05) is 6.61 Å². The minimum atomic E-state index is -0.542. The number of fused-ring (bicyclic) bond motifs is 1. The first kappa shape index (κ1) is 15.4. The van der Waals surface area contributed by atoms with Gasteiger partial charge in [-0.1, -0.05) is 0 Å². The van der Waals surface area contributed by atoms with Gasteiger partial charge in [0, 0.05) is 10.9 Å². The number of amides is 1. The highest BCUT2D eigenvalue weighted by molar-refractivity contribution is 5.88. The average Bonchev–Trinajstić information content (AvgIpc) is 3.17. The maximum absolute atomic E-state index is 12.3. The first-order valence-corrected chi connectivity index (χ1v) is 7.49. The molecule has 0 aliphatic rings. The molecule has 3 rings (SSSR count). The van der Waals surface area contributed by atoms with Crippen LogP contribution in [-0.2, 0) is 11.2 Å². The van der Waals surface area contributed by atoms with Gasteiger partial charge in [-0.3, -0.25) is 4.79 Å². The number of benzene rings is 1. The molecule has 1 aromatic carbocycles. The predicted octanol–water partition coefficient (Wildman–Crippen LogP) is 3.03. The van der Waals surface area contributed by atoms with E-state index in [1.807, 2.05) is 26.0 Å². The lowest BCUT2D eigenvalue weighted by Crippen LogP contribution is -2.31. The van der Waals surface area contributed by atoms with Crippen LogP contribution in [0.3, 0.4) is 0 Å². The topological polar surface area (TPSA) is 75.6 Å². The zero-order chi connectivity index (χ0) is 16.4. The van der Waals surface area contributed by atoms with E-state index in [-0.39, 0.29) is 18.9 Å². The van der Waals surface area contributed by atoms with E-state index in [0.29, 0.717) is 5.76 Å². The normalized spacial score (nSPS) is 12.5. The van der Waals surface area contributed by atoms with Crippen LogP contribution in [0.1, 0.15) is 28.5 Å². The molecule has 1 amide bonds. The zero-order valence-corrected chi connectivity index (χ0v) is 13.1. The molecule has 1 atom stereocenters. The number of carbonyl (C=O) groups excluding carboxylic acids is 1. The van der Waals surface area contributed by atoms with Gasteiger partial charge in [-0.05, 0) is 49.2 Å². The van der Waals surface area contributed by atoms with Gasteiger partial charge in [0.15, 0.2) is 0 Å². The van der Waals surface area contributed by atoms with Gasteiger partial charge in [-0.15, -0.1) is 0 Å². The fourth-order valence-electron chi connectivity index (χ4n) is 2.59. The maximum atomic E-state index is 12.3. The highest BCUT2D eigenvalue weighted by Gasteiger charge is 2.18. The van der Waals surface area contributed by atoms with Crippen molar-refractivity contribution >= 4 is 16.9 Å². The molecule has 0 aliphatic heterocycles. The molecule has 120 valence electrons. The molecule has 23 heavy (non-hydrogen) atoms. The van der Waals surface area contributed by atoms with Crippen LogP contribution in [0.5, 0.6) is 0 Å². The highest BCUT2D eigenvalue weighted by atomic mass is 16.3. The predicted molar refractivity (Wildman–Crippen MR) is 86.1 cm³/mol. The molecule has 0 saturated carbocycles. The van der Waals surface area contributed by atoms with Gasteiger partial charge in [0.2, 0.25) is 5.91 Å². The number of aliphatic hydroxyl groups is 1. The van der Waals surface area contributed by atoms with Crippen molar-refractivity contribution in [2.24, 2.45) is 0 Å². The Kier molecular flexibility index (Phi) is 4.21. The molecule has 2 heterocycles. The first-order chi connectivity index (χ1) is 11.1. The Bertz CT molecular complexity index is 817. The molecular weight excluding hydrogens is 294 g/mol. The fourth-order valence-corrected chi connectivity index (χ4v) is 2.59. The summed E-state index contributed by atoms with van der Waals surface area (Å²) in [7, 11) is 0. The molecule has 0 bridgehead atoms. The smallest absolute Gasteiger partial charge is 0.225 e. The lowest BCUT2D eigenvalue weighted by atomic mass is 10.0. The van der Waals surface area contributed by atoms with E-state index in [4.69, 9.17) is 8.83 Å². The van der Waals surface area contributed by atoms with E-state index >= 15 is 0 Å². The Morgan fingerprint density at radius 3 is 2.74 bits per heavy atom. The van der Waals surface area contributed by atoms with E-state index in [2.05, 4.69) is 5.32 Å². The number of hydrogen-bond acceptors (Lipinski definition) is 4. The molecule has 5 nitrogen and oxygen atoms in total. The monoisotopic (exact) mass is 313 g/mol. The number of aliphatic hydroxyl groups excluding tert-OH is 1. The maximum Gasteiger partial charge on any atom is 0.225 e. The Hall–Kier alpha value is -2.53. The lowest BCUT2D eigenvalue weighted by molar-refractivity contribution is -0.121. The van der Waals surface area contributed by atoms with Crippen LogP contribution in [0.2, 0.25) is 0 Å². The Morgan fingerprint density at radius 2 is 2.04 bits per heavy atom. The SMILES string of the molecule is Cc1cc2occ(CC(=O)NC(CO)c3ccco3)c2cc1C. The largest absolute Gasteiger partial charge is 0.467 e. The van der Waals surface area contributed by atoms with Crippen molar-refractivity contribution in [1.82, 2.24) is 5.32 Å². The third-order valence-corrected chi connectivity index (χ3v) is 4.03. The number of furan rings is 2. The van der Waals surface area contributed by atoms with Crippen LogP contribution < -0.4 is 5.32 Å². The summed E-state index contributed by atoms with van der Waals surface area (Å²) in [5, 5.41) is 13.1. The lowest BCUT2D eigenvalue weighted by Gasteiger charge is -2.13. The van der Waals surface area contributed by atoms with Crippen molar-refractivity contribution in [1.29, 1.82) is 0 Å². The van der Waals surface area contributed by atoms with Gasteiger partial charge < -0.3 is 19.3 Å². The molecule has 5 heteroatoms. The van der Waals surface area contributed by atoms with E-state index in [1.165, 1.54) is 6.26 Å². The summed E-state index contributed by atoms with van der Waals surface area (Å²) >= 11 is 0. The molecule has 0 radical (unpaired) electrons. The number of carbonyl (C=O) groups is 1. The molecule has 0 aliphatic carbocycles. The molecule has 2 aromatic heterocycles. The van der Waals surface area contributed by atoms with Crippen LogP contribution in [0.4, 0.5) is 0 Å². The summed E-state index contributed by atoms with van der Waals surface area (Å²) in [6.07, 6.45) is 3.32. The second-order valence-corrected chi connectivity index (χ2v) is 5.69. The summed E-state index contributed by atoms with van der Waals surface area (Å²) in [4.78, 5) is 12.3. The molecule has 1 unspecified atom stereocenters. The fraction of sp³-hybridized carbons (Fsp3) is 0.278. The molecule has 2 N–H and O–H groups in total. The molecular formula is C18H19NO4. The van der Waals surface area contributed by atoms with Gasteiger partial charge in [0.05, 0.1) is 25.6 Å². The van der Waals surface area contributed by atoms with E-state index in [0.717, 1.165) is 27.7 Å². The number of rotatable bonds is 5. The molecule has 0 spiro atoms. The van der Waals surface area contributed by atoms with E-state index in [1.54, 1.807) is 18.4 Å². The highest BCUT2D eigenvalue weighted by Crippen LogP contribution is 2.25. The van der Waals surface area contributed by atoms with Crippen molar-refractivity contribution in [3.63, 3.8) is 0 Å². The van der Waals surface area contributed by atoms with Crippen molar-refractivity contribution in [3.05, 3.63) is 59.2 Å². The van der Waals surface area contributed by atoms with Crippen molar-refractivity contribution < 1.29 is 18.7 Å². The van der Waals surface area contributed by atoms with Crippen molar-refractivity contribution in [2.45, 2.75) is 26.3 Å². The Labute approximate surface area is 133 Å². The van der Waals surface area contributed by atoms with E-state index in [9.17, 15) is 9.90 Å². The Morgan fingerprint density at radius 1 is 1.26 bits per heavy atom. The number of aryl methyl sites for hydroxylation is 2. The summed E-state index contributed by atoms with van der Waals surface area (Å²) in [6, 6.07) is 6.91. The van der Waals surface area contributed by atoms with E-state index < -0.39 is 6.04 Å². The minimum absolute atomic E-state index is 0.187. The second kappa shape index (κ2) is 6.30. The summed E-state index contributed by atoms with van der Waals surface area (Å²) in [5.74, 6) is 0.339. The first-order valence-electron chi connectivity index (χ1n) is 7.49. The molecule has 0 saturated heterocycles. The van der Waals surface area contributed by atoms with Crippen molar-refractivity contribution in [3.8, 4) is 0 Å². The number of hydrogen-bond donors (Lipinski definition) is 2. The van der Waals surface area contributed by atoms with Crippen LogP contribution in [0, 0.1) is 13.8 Å². The second-order valence-electron chi connectivity index (χ2n) is 5.69. The summed E-state index contributed by atoms with van der Waals surface area (Å²) in [5.41, 5.74) is 3.92. The van der Waals surface area contributed by atoms with Crippen LogP contribution in [0.25, 0.3) is 11.0 Å².